The number of aromatic nitrogens is 1. The molecule has 6 nitrogen and oxygen atoms in total. The fourth-order valence-corrected chi connectivity index (χ4v) is 2.12. The molecule has 0 bridgehead atoms. The number of benzene rings is 2. The van der Waals surface area contributed by atoms with Crippen molar-refractivity contribution in [3.05, 3.63) is 66.9 Å². The number of fused-ring (bicyclic) bond motifs is 1. The average molecular weight is 333 g/mol. The Labute approximate surface area is 144 Å². The average Bonchev–Trinajstić information content (AvgIpc) is 2.61. The van der Waals surface area contributed by atoms with E-state index in [2.05, 4.69) is 21.8 Å². The van der Waals surface area contributed by atoms with Gasteiger partial charge in [0.05, 0.1) is 11.4 Å². The lowest BCUT2D eigenvalue weighted by atomic mass is 10.2. The standard InChI is InChI=1S/C19H15N3O3/c1-12(2)19(24)25-14-8-6-13(7-9-14)21-22-16-10-11-20-18-15(16)4-3-5-17(18)23/h3-11,23H,1H2,2H3. The minimum atomic E-state index is -0.475. The molecule has 2 aromatic carbocycles. The number of rotatable bonds is 4. The predicted octanol–water partition coefficient (Wildman–Crippen LogP) is 4.84. The number of pyridine rings is 1. The minimum Gasteiger partial charge on any atom is -0.506 e. The van der Waals surface area contributed by atoms with Crippen LogP contribution in [-0.4, -0.2) is 16.1 Å². The van der Waals surface area contributed by atoms with Gasteiger partial charge in [-0.15, -0.1) is 5.11 Å². The molecule has 0 atom stereocenters. The zero-order valence-corrected chi connectivity index (χ0v) is 13.5. The highest BCUT2D eigenvalue weighted by Crippen LogP contribution is 2.31. The van der Waals surface area contributed by atoms with Crippen molar-refractivity contribution in [3.8, 4) is 11.5 Å². The Bertz CT molecular complexity index is 979. The van der Waals surface area contributed by atoms with E-state index in [1.807, 2.05) is 6.07 Å². The van der Waals surface area contributed by atoms with E-state index in [-0.39, 0.29) is 5.75 Å². The molecule has 6 heteroatoms. The van der Waals surface area contributed by atoms with Crippen molar-refractivity contribution in [2.45, 2.75) is 6.92 Å². The van der Waals surface area contributed by atoms with Gasteiger partial charge in [-0.1, -0.05) is 18.7 Å². The molecule has 0 aliphatic carbocycles. The third-order valence-electron chi connectivity index (χ3n) is 3.40. The first-order chi connectivity index (χ1) is 12.0. The number of hydrogen-bond acceptors (Lipinski definition) is 6. The van der Waals surface area contributed by atoms with Gasteiger partial charge in [0, 0.05) is 17.2 Å². The second-order valence-corrected chi connectivity index (χ2v) is 5.37. The molecule has 25 heavy (non-hydrogen) atoms. The number of carbonyl (C=O) groups excluding carboxylic acids is 1. The Balaban J connectivity index is 1.82. The van der Waals surface area contributed by atoms with Crippen LogP contribution in [0.2, 0.25) is 0 Å². The van der Waals surface area contributed by atoms with Gasteiger partial charge in [0.2, 0.25) is 0 Å². The number of phenolic OH excluding ortho intramolecular Hbond substituents is 1. The molecule has 0 saturated heterocycles. The number of carbonyl (C=O) groups is 1. The zero-order valence-electron chi connectivity index (χ0n) is 13.5. The lowest BCUT2D eigenvalue weighted by Crippen LogP contribution is -2.07. The second kappa shape index (κ2) is 6.92. The van der Waals surface area contributed by atoms with Gasteiger partial charge in [-0.2, -0.15) is 5.11 Å². The third-order valence-corrected chi connectivity index (χ3v) is 3.40. The van der Waals surface area contributed by atoms with E-state index in [4.69, 9.17) is 4.74 Å². The first-order valence-corrected chi connectivity index (χ1v) is 7.51. The van der Waals surface area contributed by atoms with Crippen LogP contribution in [0.5, 0.6) is 11.5 Å². The summed E-state index contributed by atoms with van der Waals surface area (Å²) in [6.45, 7) is 5.12. The summed E-state index contributed by atoms with van der Waals surface area (Å²) in [4.78, 5) is 15.6. The van der Waals surface area contributed by atoms with Crippen LogP contribution in [0.3, 0.4) is 0 Å². The number of para-hydroxylation sites is 1. The molecule has 0 spiro atoms. The molecule has 0 radical (unpaired) electrons. The minimum absolute atomic E-state index is 0.0956. The fourth-order valence-electron chi connectivity index (χ4n) is 2.12. The summed E-state index contributed by atoms with van der Waals surface area (Å²) in [5.41, 5.74) is 2.00. The Morgan fingerprint density at radius 2 is 1.88 bits per heavy atom. The number of azo groups is 1. The molecule has 1 N–H and O–H groups in total. The van der Waals surface area contributed by atoms with Crippen LogP contribution in [0.15, 0.2) is 77.1 Å². The smallest absolute Gasteiger partial charge is 0.338 e. The van der Waals surface area contributed by atoms with E-state index in [0.29, 0.717) is 33.6 Å². The van der Waals surface area contributed by atoms with Crippen molar-refractivity contribution in [3.63, 3.8) is 0 Å². The van der Waals surface area contributed by atoms with Gasteiger partial charge in [0.25, 0.3) is 0 Å². The molecule has 0 fully saturated rings. The highest BCUT2D eigenvalue weighted by molar-refractivity contribution is 5.93. The Hall–Kier alpha value is -3.54. The maximum absolute atomic E-state index is 11.5. The second-order valence-electron chi connectivity index (χ2n) is 5.37. The molecule has 1 heterocycles. The molecule has 124 valence electrons. The monoisotopic (exact) mass is 333 g/mol. The summed E-state index contributed by atoms with van der Waals surface area (Å²) in [6, 6.07) is 13.5. The van der Waals surface area contributed by atoms with E-state index < -0.39 is 5.97 Å². The Morgan fingerprint density at radius 1 is 1.12 bits per heavy atom. The zero-order chi connectivity index (χ0) is 17.8. The number of ether oxygens (including phenoxy) is 1. The van der Waals surface area contributed by atoms with E-state index in [1.54, 1.807) is 55.6 Å². The van der Waals surface area contributed by atoms with Crippen molar-refractivity contribution in [2.75, 3.05) is 0 Å². The summed E-state index contributed by atoms with van der Waals surface area (Å²) in [6.07, 6.45) is 1.57. The van der Waals surface area contributed by atoms with Gasteiger partial charge in [-0.05, 0) is 43.3 Å². The van der Waals surface area contributed by atoms with Crippen molar-refractivity contribution in [2.24, 2.45) is 10.2 Å². The molecule has 0 aliphatic heterocycles. The number of aromatic hydroxyl groups is 1. The molecule has 0 saturated carbocycles. The van der Waals surface area contributed by atoms with Crippen LogP contribution in [0.25, 0.3) is 10.9 Å². The molecule has 3 aromatic rings. The maximum Gasteiger partial charge on any atom is 0.338 e. The van der Waals surface area contributed by atoms with Crippen LogP contribution in [0, 0.1) is 0 Å². The van der Waals surface area contributed by atoms with Crippen LogP contribution in [0.4, 0.5) is 11.4 Å². The van der Waals surface area contributed by atoms with Gasteiger partial charge in [0.1, 0.15) is 17.0 Å². The van der Waals surface area contributed by atoms with Gasteiger partial charge < -0.3 is 9.84 Å². The Kier molecular flexibility index (Phi) is 4.52. The lowest BCUT2D eigenvalue weighted by molar-refractivity contribution is -0.130. The molecular weight excluding hydrogens is 318 g/mol. The predicted molar refractivity (Wildman–Crippen MR) is 94.5 cm³/mol. The van der Waals surface area contributed by atoms with Crippen LogP contribution < -0.4 is 4.74 Å². The van der Waals surface area contributed by atoms with Gasteiger partial charge in [0.15, 0.2) is 0 Å². The lowest BCUT2D eigenvalue weighted by Gasteiger charge is -2.03. The summed E-state index contributed by atoms with van der Waals surface area (Å²) in [7, 11) is 0. The summed E-state index contributed by atoms with van der Waals surface area (Å²) < 4.78 is 5.12. The fraction of sp³-hybridized carbons (Fsp3) is 0.0526. The SMILES string of the molecule is C=C(C)C(=O)Oc1ccc(N=Nc2ccnc3c(O)cccc23)cc1. The molecular formula is C19H15N3O3. The van der Waals surface area contributed by atoms with Crippen molar-refractivity contribution >= 4 is 28.2 Å². The summed E-state index contributed by atoms with van der Waals surface area (Å²) in [5, 5.41) is 18.9. The number of nitrogens with zero attached hydrogens (tertiary/aromatic N) is 3. The number of hydrogen-bond donors (Lipinski definition) is 1. The summed E-state index contributed by atoms with van der Waals surface area (Å²) >= 11 is 0. The van der Waals surface area contributed by atoms with Crippen molar-refractivity contribution < 1.29 is 14.6 Å². The highest BCUT2D eigenvalue weighted by atomic mass is 16.5. The van der Waals surface area contributed by atoms with Crippen LogP contribution in [0.1, 0.15) is 6.92 Å². The van der Waals surface area contributed by atoms with E-state index in [1.165, 1.54) is 0 Å². The number of phenols is 1. The highest BCUT2D eigenvalue weighted by Gasteiger charge is 2.06. The quantitative estimate of drug-likeness (QED) is 0.320. The van der Waals surface area contributed by atoms with E-state index in [9.17, 15) is 9.90 Å². The molecule has 0 unspecified atom stereocenters. The van der Waals surface area contributed by atoms with E-state index in [0.717, 1.165) is 0 Å². The molecule has 0 amide bonds. The van der Waals surface area contributed by atoms with Gasteiger partial charge in [-0.3, -0.25) is 4.98 Å². The normalized spacial score (nSPS) is 10.9. The maximum atomic E-state index is 11.5. The van der Waals surface area contributed by atoms with Gasteiger partial charge in [-0.25, -0.2) is 4.79 Å². The number of esters is 1. The van der Waals surface area contributed by atoms with E-state index >= 15 is 0 Å². The van der Waals surface area contributed by atoms with Crippen molar-refractivity contribution in [1.82, 2.24) is 4.98 Å². The van der Waals surface area contributed by atoms with Gasteiger partial charge >= 0.3 is 5.97 Å². The summed E-state index contributed by atoms with van der Waals surface area (Å²) in [5.74, 6) is 0.0295. The molecule has 0 aliphatic rings. The van der Waals surface area contributed by atoms with Crippen molar-refractivity contribution in [1.29, 1.82) is 0 Å². The largest absolute Gasteiger partial charge is 0.506 e. The first kappa shape index (κ1) is 16.3. The molecule has 1 aromatic heterocycles. The first-order valence-electron chi connectivity index (χ1n) is 7.51. The van der Waals surface area contributed by atoms with Crippen LogP contribution >= 0.6 is 0 Å². The Morgan fingerprint density at radius 3 is 2.60 bits per heavy atom. The molecule has 3 rings (SSSR count). The topological polar surface area (TPSA) is 84.1 Å². The third kappa shape index (κ3) is 3.69. The van der Waals surface area contributed by atoms with Crippen LogP contribution in [-0.2, 0) is 4.79 Å².